The van der Waals surface area contributed by atoms with Gasteiger partial charge >= 0.3 is 0 Å². The number of anilines is 1. The second-order valence-electron chi connectivity index (χ2n) is 6.13. The quantitative estimate of drug-likeness (QED) is 0.411. The van der Waals surface area contributed by atoms with Crippen molar-refractivity contribution in [3.8, 4) is 0 Å². The molecule has 5 nitrogen and oxygen atoms in total. The van der Waals surface area contributed by atoms with Crippen molar-refractivity contribution in [1.29, 1.82) is 0 Å². The molecule has 0 aliphatic rings. The number of aromatic nitrogens is 3. The molecule has 3 aromatic rings. The van der Waals surface area contributed by atoms with Crippen LogP contribution >= 0.6 is 23.4 Å². The summed E-state index contributed by atoms with van der Waals surface area (Å²) in [6.07, 6.45) is 3.47. The third kappa shape index (κ3) is 5.71. The molecule has 0 saturated heterocycles. The highest BCUT2D eigenvalue weighted by molar-refractivity contribution is 7.99. The first-order valence-corrected chi connectivity index (χ1v) is 10.3. The molecule has 0 saturated carbocycles. The van der Waals surface area contributed by atoms with Crippen molar-refractivity contribution in [1.82, 2.24) is 14.8 Å². The van der Waals surface area contributed by atoms with Crippen molar-refractivity contribution in [3.05, 3.63) is 83.7 Å². The molecule has 1 amide bonds. The SMILES string of the molecule is C=CCn1c(CCc2ccccc2)nnc1SCC(=O)Nc1cccc(Cl)c1. The van der Waals surface area contributed by atoms with Gasteiger partial charge in [0.05, 0.1) is 5.75 Å². The van der Waals surface area contributed by atoms with Crippen LogP contribution in [0, 0.1) is 0 Å². The predicted molar refractivity (Wildman–Crippen MR) is 115 cm³/mol. The molecule has 28 heavy (non-hydrogen) atoms. The molecule has 0 aliphatic heterocycles. The van der Waals surface area contributed by atoms with E-state index in [0.29, 0.717) is 22.4 Å². The van der Waals surface area contributed by atoms with E-state index in [4.69, 9.17) is 11.6 Å². The molecule has 7 heteroatoms. The van der Waals surface area contributed by atoms with Gasteiger partial charge in [0.1, 0.15) is 5.82 Å². The average Bonchev–Trinajstić information content (AvgIpc) is 3.08. The minimum Gasteiger partial charge on any atom is -0.325 e. The van der Waals surface area contributed by atoms with Crippen molar-refractivity contribution >= 4 is 35.0 Å². The van der Waals surface area contributed by atoms with Crippen LogP contribution in [0.5, 0.6) is 0 Å². The van der Waals surface area contributed by atoms with E-state index >= 15 is 0 Å². The lowest BCUT2D eigenvalue weighted by molar-refractivity contribution is -0.113. The van der Waals surface area contributed by atoms with Crippen LogP contribution in [0.4, 0.5) is 5.69 Å². The summed E-state index contributed by atoms with van der Waals surface area (Å²) in [7, 11) is 0. The average molecular weight is 413 g/mol. The summed E-state index contributed by atoms with van der Waals surface area (Å²) in [5.74, 6) is 1.01. The summed E-state index contributed by atoms with van der Waals surface area (Å²) < 4.78 is 2.01. The Hall–Kier alpha value is -2.57. The summed E-state index contributed by atoms with van der Waals surface area (Å²) in [5.41, 5.74) is 1.93. The molecule has 1 heterocycles. The number of amides is 1. The Morgan fingerprint density at radius 2 is 1.96 bits per heavy atom. The van der Waals surface area contributed by atoms with Crippen LogP contribution in [0.25, 0.3) is 0 Å². The van der Waals surface area contributed by atoms with Crippen LogP contribution in [0.2, 0.25) is 5.02 Å². The van der Waals surface area contributed by atoms with Gasteiger partial charge in [-0.05, 0) is 30.2 Å². The number of nitrogens with zero attached hydrogens (tertiary/aromatic N) is 3. The normalized spacial score (nSPS) is 10.6. The molecule has 0 atom stereocenters. The third-order valence-electron chi connectivity index (χ3n) is 4.03. The number of halogens is 1. The highest BCUT2D eigenvalue weighted by atomic mass is 35.5. The summed E-state index contributed by atoms with van der Waals surface area (Å²) in [6, 6.07) is 17.3. The molecule has 1 aromatic heterocycles. The lowest BCUT2D eigenvalue weighted by Gasteiger charge is -2.08. The number of rotatable bonds is 9. The van der Waals surface area contributed by atoms with Crippen LogP contribution in [-0.2, 0) is 24.2 Å². The molecule has 0 aliphatic carbocycles. The highest BCUT2D eigenvalue weighted by Gasteiger charge is 2.13. The van der Waals surface area contributed by atoms with Crippen molar-refractivity contribution in [2.75, 3.05) is 11.1 Å². The first-order valence-electron chi connectivity index (χ1n) is 8.91. The zero-order chi connectivity index (χ0) is 19.8. The topological polar surface area (TPSA) is 59.8 Å². The fraction of sp³-hybridized carbons (Fsp3) is 0.190. The molecule has 144 valence electrons. The number of thioether (sulfide) groups is 1. The van der Waals surface area contributed by atoms with E-state index in [1.54, 1.807) is 24.3 Å². The maximum Gasteiger partial charge on any atom is 0.234 e. The van der Waals surface area contributed by atoms with Crippen LogP contribution in [-0.4, -0.2) is 26.4 Å². The maximum absolute atomic E-state index is 12.2. The molecule has 0 fully saturated rings. The van der Waals surface area contributed by atoms with Crippen molar-refractivity contribution in [2.24, 2.45) is 0 Å². The largest absolute Gasteiger partial charge is 0.325 e. The first-order chi connectivity index (χ1) is 13.7. The minimum absolute atomic E-state index is 0.119. The Morgan fingerprint density at radius 1 is 1.14 bits per heavy atom. The number of carbonyl (C=O) groups excluding carboxylic acids is 1. The maximum atomic E-state index is 12.2. The number of nitrogens with one attached hydrogen (secondary N) is 1. The van der Waals surface area contributed by atoms with Gasteiger partial charge < -0.3 is 9.88 Å². The second-order valence-corrected chi connectivity index (χ2v) is 7.51. The fourth-order valence-corrected chi connectivity index (χ4v) is 3.67. The van der Waals surface area contributed by atoms with Gasteiger partial charge in [-0.2, -0.15) is 0 Å². The van der Waals surface area contributed by atoms with Crippen LogP contribution in [0.15, 0.2) is 72.4 Å². The molecule has 3 rings (SSSR count). The van der Waals surface area contributed by atoms with Crippen LogP contribution in [0.3, 0.4) is 0 Å². The van der Waals surface area contributed by atoms with E-state index < -0.39 is 0 Å². The molecular formula is C21H21ClN4OS. The lowest BCUT2D eigenvalue weighted by atomic mass is 10.1. The summed E-state index contributed by atoms with van der Waals surface area (Å²) in [4.78, 5) is 12.2. The Morgan fingerprint density at radius 3 is 2.71 bits per heavy atom. The van der Waals surface area contributed by atoms with Crippen molar-refractivity contribution < 1.29 is 4.79 Å². The third-order valence-corrected chi connectivity index (χ3v) is 5.23. The molecule has 0 unspecified atom stereocenters. The standard InChI is InChI=1S/C21H21ClN4OS/c1-2-13-26-19(12-11-16-7-4-3-5-8-16)24-25-21(26)28-15-20(27)23-18-10-6-9-17(22)14-18/h2-10,14H,1,11-13,15H2,(H,23,27). The Balaban J connectivity index is 1.60. The van der Waals surface area contributed by atoms with Crippen molar-refractivity contribution in [2.45, 2.75) is 24.5 Å². The van der Waals surface area contributed by atoms with Gasteiger partial charge in [-0.15, -0.1) is 16.8 Å². The molecule has 0 radical (unpaired) electrons. The Bertz CT molecular complexity index is 943. The number of benzene rings is 2. The van der Waals surface area contributed by atoms with E-state index in [0.717, 1.165) is 18.7 Å². The lowest BCUT2D eigenvalue weighted by Crippen LogP contribution is -2.14. The minimum atomic E-state index is -0.119. The van der Waals surface area contributed by atoms with Crippen LogP contribution < -0.4 is 5.32 Å². The number of hydrogen-bond acceptors (Lipinski definition) is 4. The zero-order valence-electron chi connectivity index (χ0n) is 15.3. The van der Waals surface area contributed by atoms with Gasteiger partial charge in [0.25, 0.3) is 0 Å². The number of aryl methyl sites for hydroxylation is 2. The molecule has 1 N–H and O–H groups in total. The molecule has 0 spiro atoms. The monoisotopic (exact) mass is 412 g/mol. The van der Waals surface area contributed by atoms with Gasteiger partial charge in [0.15, 0.2) is 5.16 Å². The smallest absolute Gasteiger partial charge is 0.234 e. The summed E-state index contributed by atoms with van der Waals surface area (Å²) in [6.45, 7) is 4.42. The van der Waals surface area contributed by atoms with Gasteiger partial charge in [-0.25, -0.2) is 0 Å². The highest BCUT2D eigenvalue weighted by Crippen LogP contribution is 2.20. The Labute approximate surface area is 173 Å². The molecule has 0 bridgehead atoms. The zero-order valence-corrected chi connectivity index (χ0v) is 16.9. The second kappa shape index (κ2) is 10.1. The van der Waals surface area contributed by atoms with E-state index in [9.17, 15) is 4.79 Å². The molecule has 2 aromatic carbocycles. The number of hydrogen-bond donors (Lipinski definition) is 1. The van der Waals surface area contributed by atoms with Gasteiger partial charge in [0, 0.05) is 23.7 Å². The van der Waals surface area contributed by atoms with E-state index in [1.165, 1.54) is 17.3 Å². The number of carbonyl (C=O) groups is 1. The van der Waals surface area contributed by atoms with Gasteiger partial charge in [0.2, 0.25) is 5.91 Å². The predicted octanol–water partition coefficient (Wildman–Crippen LogP) is 4.63. The first kappa shape index (κ1) is 20.2. The van der Waals surface area contributed by atoms with E-state index in [1.807, 2.05) is 28.8 Å². The summed E-state index contributed by atoms with van der Waals surface area (Å²) in [5, 5.41) is 12.7. The van der Waals surface area contributed by atoms with Gasteiger partial charge in [-0.1, -0.05) is 65.8 Å². The van der Waals surface area contributed by atoms with E-state index in [-0.39, 0.29) is 11.7 Å². The van der Waals surface area contributed by atoms with Crippen molar-refractivity contribution in [3.63, 3.8) is 0 Å². The van der Waals surface area contributed by atoms with Crippen LogP contribution in [0.1, 0.15) is 11.4 Å². The fourth-order valence-electron chi connectivity index (χ4n) is 2.72. The molecular weight excluding hydrogens is 392 g/mol. The van der Waals surface area contributed by atoms with Gasteiger partial charge in [-0.3, -0.25) is 4.79 Å². The Kier molecular flexibility index (Phi) is 7.28. The number of allylic oxidation sites excluding steroid dienone is 1. The summed E-state index contributed by atoms with van der Waals surface area (Å²) >= 11 is 7.30. The van der Waals surface area contributed by atoms with E-state index in [2.05, 4.69) is 34.2 Å².